The van der Waals surface area contributed by atoms with E-state index in [0.717, 1.165) is 31.2 Å². The van der Waals surface area contributed by atoms with Crippen molar-refractivity contribution in [3.63, 3.8) is 0 Å². The number of esters is 1. The molecule has 0 spiro atoms. The highest BCUT2D eigenvalue weighted by atomic mass is 16.8. The van der Waals surface area contributed by atoms with Crippen LogP contribution in [0.1, 0.15) is 58.4 Å². The van der Waals surface area contributed by atoms with Crippen LogP contribution < -0.4 is 0 Å². The third-order valence-electron chi connectivity index (χ3n) is 4.90. The van der Waals surface area contributed by atoms with Crippen molar-refractivity contribution >= 4 is 5.97 Å². The Balaban J connectivity index is 2.02. The van der Waals surface area contributed by atoms with Crippen LogP contribution in [0.3, 0.4) is 0 Å². The lowest BCUT2D eigenvalue weighted by Gasteiger charge is -2.37. The predicted molar refractivity (Wildman–Crippen MR) is 85.1 cm³/mol. The molecule has 1 saturated carbocycles. The van der Waals surface area contributed by atoms with Gasteiger partial charge in [0.15, 0.2) is 5.60 Å². The Morgan fingerprint density at radius 3 is 2.23 bits per heavy atom. The smallest absolute Gasteiger partial charge is 0.345 e. The molecule has 1 aliphatic heterocycles. The van der Waals surface area contributed by atoms with E-state index in [1.54, 1.807) is 0 Å². The maximum Gasteiger partial charge on any atom is 0.345 e. The zero-order valence-corrected chi connectivity index (χ0v) is 13.8. The summed E-state index contributed by atoms with van der Waals surface area (Å²) >= 11 is 0. The van der Waals surface area contributed by atoms with Gasteiger partial charge >= 0.3 is 5.97 Å². The normalized spacial score (nSPS) is 30.3. The molecule has 1 aromatic carbocycles. The maximum absolute atomic E-state index is 12.9. The molecule has 2 fully saturated rings. The first kappa shape index (κ1) is 15.5. The van der Waals surface area contributed by atoms with Gasteiger partial charge in [-0.25, -0.2) is 4.79 Å². The molecule has 1 heterocycles. The van der Waals surface area contributed by atoms with Gasteiger partial charge in [-0.3, -0.25) is 0 Å². The molecule has 0 aromatic heterocycles. The Morgan fingerprint density at radius 1 is 1.05 bits per heavy atom. The minimum absolute atomic E-state index is 0.203. The van der Waals surface area contributed by atoms with E-state index in [-0.39, 0.29) is 17.3 Å². The van der Waals surface area contributed by atoms with Gasteiger partial charge in [0.2, 0.25) is 6.29 Å². The molecule has 3 heteroatoms. The minimum Gasteiger partial charge on any atom is -0.433 e. The van der Waals surface area contributed by atoms with E-state index < -0.39 is 11.9 Å². The number of rotatable bonds is 2. The van der Waals surface area contributed by atoms with E-state index >= 15 is 0 Å². The number of carbonyl (C=O) groups excluding carboxylic acids is 1. The van der Waals surface area contributed by atoms with E-state index in [1.165, 1.54) is 6.42 Å². The summed E-state index contributed by atoms with van der Waals surface area (Å²) in [7, 11) is 0. The van der Waals surface area contributed by atoms with Crippen molar-refractivity contribution < 1.29 is 14.3 Å². The molecule has 0 radical (unpaired) electrons. The van der Waals surface area contributed by atoms with Gasteiger partial charge in [-0.15, -0.1) is 0 Å². The third-order valence-corrected chi connectivity index (χ3v) is 4.90. The van der Waals surface area contributed by atoms with Crippen molar-refractivity contribution in [3.8, 4) is 0 Å². The molecule has 120 valence electrons. The fourth-order valence-electron chi connectivity index (χ4n) is 3.66. The second-order valence-corrected chi connectivity index (χ2v) is 7.66. The van der Waals surface area contributed by atoms with E-state index in [0.29, 0.717) is 0 Å². The summed E-state index contributed by atoms with van der Waals surface area (Å²) in [6.45, 7) is 6.15. The Bertz CT molecular complexity index is 525. The summed E-state index contributed by atoms with van der Waals surface area (Å²) in [5.74, 6) is 0.00836. The minimum atomic E-state index is -0.917. The van der Waals surface area contributed by atoms with Crippen LogP contribution in [0.25, 0.3) is 0 Å². The van der Waals surface area contributed by atoms with Gasteiger partial charge < -0.3 is 9.47 Å². The summed E-state index contributed by atoms with van der Waals surface area (Å²) in [5.41, 5.74) is -0.195. The van der Waals surface area contributed by atoms with Crippen LogP contribution >= 0.6 is 0 Å². The molecule has 2 atom stereocenters. The first-order valence-corrected chi connectivity index (χ1v) is 8.39. The van der Waals surface area contributed by atoms with Crippen LogP contribution in [-0.4, -0.2) is 12.3 Å². The van der Waals surface area contributed by atoms with Gasteiger partial charge in [0.1, 0.15) is 0 Å². The number of ether oxygens (including phenoxy) is 2. The molecule has 3 nitrogen and oxygen atoms in total. The number of benzene rings is 1. The zero-order chi connectivity index (χ0) is 15.8. The van der Waals surface area contributed by atoms with Crippen molar-refractivity contribution in [1.82, 2.24) is 0 Å². The highest BCUT2D eigenvalue weighted by Gasteiger charge is 2.58. The standard InChI is InChI=1S/C19H26O3/c1-18(2,3)17-21-16(20)19(22-17,14-10-6-4-7-11-14)15-12-8-5-9-13-15/h4,6-7,10-11,15,17H,5,8-9,12-13H2,1-3H3/t17?,19-/m0/s1. The molecule has 2 aliphatic rings. The van der Waals surface area contributed by atoms with Crippen LogP contribution in [0.4, 0.5) is 0 Å². The van der Waals surface area contributed by atoms with Crippen LogP contribution in [0.2, 0.25) is 0 Å². The highest BCUT2D eigenvalue weighted by Crippen LogP contribution is 2.49. The molecular weight excluding hydrogens is 276 g/mol. The highest BCUT2D eigenvalue weighted by molar-refractivity contribution is 5.83. The number of hydrogen-bond donors (Lipinski definition) is 0. The van der Waals surface area contributed by atoms with Crippen LogP contribution in [0, 0.1) is 11.3 Å². The van der Waals surface area contributed by atoms with Crippen molar-refractivity contribution in [2.75, 3.05) is 0 Å². The molecule has 0 N–H and O–H groups in total. The SMILES string of the molecule is CC(C)(C)C1OC(=O)[C@](c2ccccc2)(C2CCCCC2)O1. The van der Waals surface area contributed by atoms with Crippen LogP contribution in [-0.2, 0) is 19.9 Å². The summed E-state index contributed by atoms with van der Waals surface area (Å²) in [6.07, 6.45) is 5.15. The largest absolute Gasteiger partial charge is 0.433 e. The summed E-state index contributed by atoms with van der Waals surface area (Å²) in [4.78, 5) is 12.9. The van der Waals surface area contributed by atoms with Gasteiger partial charge in [0, 0.05) is 11.3 Å². The molecule has 3 rings (SSSR count). The molecule has 1 saturated heterocycles. The summed E-state index contributed by atoms with van der Waals surface area (Å²) < 4.78 is 12.1. The monoisotopic (exact) mass is 302 g/mol. The Hall–Kier alpha value is -1.35. The lowest BCUT2D eigenvalue weighted by Crippen LogP contribution is -2.43. The van der Waals surface area contributed by atoms with Gasteiger partial charge in [0.05, 0.1) is 0 Å². The zero-order valence-electron chi connectivity index (χ0n) is 13.8. The van der Waals surface area contributed by atoms with Gasteiger partial charge in [0.25, 0.3) is 0 Å². The molecule has 1 aliphatic carbocycles. The van der Waals surface area contributed by atoms with Crippen LogP contribution in [0.5, 0.6) is 0 Å². The van der Waals surface area contributed by atoms with E-state index in [9.17, 15) is 4.79 Å². The molecule has 0 amide bonds. The van der Waals surface area contributed by atoms with E-state index in [1.807, 2.05) is 51.1 Å². The average Bonchev–Trinajstić information content (AvgIpc) is 2.88. The van der Waals surface area contributed by atoms with Gasteiger partial charge in [-0.05, 0) is 18.4 Å². The Morgan fingerprint density at radius 2 is 1.68 bits per heavy atom. The van der Waals surface area contributed by atoms with E-state index in [4.69, 9.17) is 9.47 Å². The van der Waals surface area contributed by atoms with Crippen LogP contribution in [0.15, 0.2) is 30.3 Å². The average molecular weight is 302 g/mol. The predicted octanol–water partition coefficient (Wildman–Crippen LogP) is 4.41. The second-order valence-electron chi connectivity index (χ2n) is 7.66. The first-order chi connectivity index (χ1) is 10.4. The van der Waals surface area contributed by atoms with Crippen molar-refractivity contribution in [2.45, 2.75) is 64.8 Å². The fourth-order valence-corrected chi connectivity index (χ4v) is 3.66. The number of carbonyl (C=O) groups is 1. The molecule has 22 heavy (non-hydrogen) atoms. The Labute approximate surface area is 133 Å². The second kappa shape index (κ2) is 5.69. The molecular formula is C19H26O3. The van der Waals surface area contributed by atoms with Crippen molar-refractivity contribution in [3.05, 3.63) is 35.9 Å². The quantitative estimate of drug-likeness (QED) is 0.759. The first-order valence-electron chi connectivity index (χ1n) is 8.39. The fraction of sp³-hybridized carbons (Fsp3) is 0.632. The molecule has 1 aromatic rings. The third kappa shape index (κ3) is 2.56. The van der Waals surface area contributed by atoms with Gasteiger partial charge in [-0.2, -0.15) is 0 Å². The lowest BCUT2D eigenvalue weighted by molar-refractivity contribution is -0.164. The summed E-state index contributed by atoms with van der Waals surface area (Å²) in [5, 5.41) is 0. The number of hydrogen-bond acceptors (Lipinski definition) is 3. The van der Waals surface area contributed by atoms with E-state index in [2.05, 4.69) is 0 Å². The van der Waals surface area contributed by atoms with Crippen molar-refractivity contribution in [2.24, 2.45) is 11.3 Å². The van der Waals surface area contributed by atoms with Crippen molar-refractivity contribution in [1.29, 1.82) is 0 Å². The molecule has 0 bridgehead atoms. The van der Waals surface area contributed by atoms with Gasteiger partial charge in [-0.1, -0.05) is 70.4 Å². The molecule has 1 unspecified atom stereocenters. The summed E-state index contributed by atoms with van der Waals surface area (Å²) in [6, 6.07) is 9.92. The topological polar surface area (TPSA) is 35.5 Å². The Kier molecular flexibility index (Phi) is 4.02. The maximum atomic E-state index is 12.9. The lowest BCUT2D eigenvalue weighted by atomic mass is 9.73. The number of cyclic esters (lactones) is 1.